The number of carbonyl (C=O) groups excluding carboxylic acids is 2. The molecule has 0 amide bonds. The monoisotopic (exact) mass is 422 g/mol. The van der Waals surface area contributed by atoms with Crippen LogP contribution in [-0.2, 0) is 0 Å². The van der Waals surface area contributed by atoms with Gasteiger partial charge in [-0.15, -0.1) is 0 Å². The van der Waals surface area contributed by atoms with E-state index >= 15 is 0 Å². The van der Waals surface area contributed by atoms with E-state index in [2.05, 4.69) is 31.9 Å². The molecule has 2 rings (SSSR count). The van der Waals surface area contributed by atoms with Gasteiger partial charge >= 0.3 is 0 Å². The van der Waals surface area contributed by atoms with E-state index in [-0.39, 0.29) is 21.2 Å². The van der Waals surface area contributed by atoms with Crippen LogP contribution < -0.4 is 0 Å². The van der Waals surface area contributed by atoms with Crippen molar-refractivity contribution in [2.45, 2.75) is 22.5 Å². The average Bonchev–Trinajstić information content (AvgIpc) is 2.59. The molecule has 0 aromatic heterocycles. The number of hydrogen-bond acceptors (Lipinski definition) is 2. The molecule has 22 heavy (non-hydrogen) atoms. The van der Waals surface area contributed by atoms with Crippen molar-refractivity contribution in [2.75, 3.05) is 0 Å². The van der Waals surface area contributed by atoms with E-state index in [1.165, 1.54) is 0 Å². The van der Waals surface area contributed by atoms with Crippen molar-refractivity contribution in [3.63, 3.8) is 0 Å². The van der Waals surface area contributed by atoms with Crippen LogP contribution in [0.25, 0.3) is 0 Å². The van der Waals surface area contributed by atoms with Crippen LogP contribution in [0.2, 0.25) is 0 Å². The van der Waals surface area contributed by atoms with Gasteiger partial charge in [0.1, 0.15) is 0 Å². The van der Waals surface area contributed by atoms with Gasteiger partial charge in [-0.25, -0.2) is 0 Å². The standard InChI is InChI=1S/C18H16Br2O2/c19-15(17(21)13-7-3-1-4-8-13)11-12-16(20)18(22)14-9-5-2-6-10-14/h1-10,15-16H,11-12H2. The van der Waals surface area contributed by atoms with Gasteiger partial charge in [-0.3, -0.25) is 9.59 Å². The number of Topliss-reactive ketones (excluding diaryl/α,β-unsaturated/α-hetero) is 2. The van der Waals surface area contributed by atoms with Crippen LogP contribution in [-0.4, -0.2) is 21.2 Å². The molecule has 114 valence electrons. The van der Waals surface area contributed by atoms with Crippen LogP contribution in [0.15, 0.2) is 60.7 Å². The lowest BCUT2D eigenvalue weighted by Crippen LogP contribution is -2.19. The van der Waals surface area contributed by atoms with Crippen LogP contribution in [0.1, 0.15) is 33.6 Å². The van der Waals surface area contributed by atoms with Crippen LogP contribution in [0, 0.1) is 0 Å². The number of alkyl halides is 2. The maximum atomic E-state index is 12.2. The molecule has 0 saturated carbocycles. The molecule has 2 aromatic rings. The summed E-state index contributed by atoms with van der Waals surface area (Å²) in [5.74, 6) is 0.0971. The minimum atomic E-state index is -0.279. The van der Waals surface area contributed by atoms with Gasteiger partial charge in [0.05, 0.1) is 9.65 Å². The molecule has 0 N–H and O–H groups in total. The molecule has 4 heteroatoms. The molecular formula is C18H16Br2O2. The minimum absolute atomic E-state index is 0.0486. The lowest BCUT2D eigenvalue weighted by molar-refractivity contribution is 0.0965. The van der Waals surface area contributed by atoms with E-state index in [0.29, 0.717) is 24.0 Å². The second kappa shape index (κ2) is 8.39. The average molecular weight is 424 g/mol. The highest BCUT2D eigenvalue weighted by atomic mass is 79.9. The van der Waals surface area contributed by atoms with Gasteiger partial charge in [0.15, 0.2) is 11.6 Å². The molecule has 0 aliphatic heterocycles. The number of ketones is 2. The fraction of sp³-hybridized carbons (Fsp3) is 0.222. The number of rotatable bonds is 7. The third-order valence-electron chi connectivity index (χ3n) is 3.36. The SMILES string of the molecule is O=C(c1ccccc1)C(Br)CCC(Br)C(=O)c1ccccc1. The van der Waals surface area contributed by atoms with Crippen molar-refractivity contribution in [2.24, 2.45) is 0 Å². The Morgan fingerprint density at radius 1 is 0.682 bits per heavy atom. The molecule has 2 nitrogen and oxygen atoms in total. The first-order valence-corrected chi connectivity index (χ1v) is 8.89. The van der Waals surface area contributed by atoms with Crippen molar-refractivity contribution in [1.82, 2.24) is 0 Å². The predicted molar refractivity (Wildman–Crippen MR) is 96.2 cm³/mol. The highest BCUT2D eigenvalue weighted by Gasteiger charge is 2.21. The van der Waals surface area contributed by atoms with Crippen molar-refractivity contribution in [1.29, 1.82) is 0 Å². The molecule has 0 aliphatic carbocycles. The van der Waals surface area contributed by atoms with E-state index in [4.69, 9.17) is 0 Å². The number of carbonyl (C=O) groups is 2. The van der Waals surface area contributed by atoms with Gasteiger partial charge in [0, 0.05) is 11.1 Å². The maximum Gasteiger partial charge on any atom is 0.176 e. The highest BCUT2D eigenvalue weighted by molar-refractivity contribution is 9.10. The normalized spacial score (nSPS) is 13.4. The van der Waals surface area contributed by atoms with Crippen molar-refractivity contribution in [3.05, 3.63) is 71.8 Å². The topological polar surface area (TPSA) is 34.1 Å². The summed E-state index contributed by atoms with van der Waals surface area (Å²) in [7, 11) is 0. The Kier molecular flexibility index (Phi) is 6.52. The Labute approximate surface area is 147 Å². The van der Waals surface area contributed by atoms with Crippen LogP contribution >= 0.6 is 31.9 Å². The lowest BCUT2D eigenvalue weighted by Gasteiger charge is -2.12. The van der Waals surface area contributed by atoms with E-state index in [0.717, 1.165) is 0 Å². The predicted octanol–water partition coefficient (Wildman–Crippen LogP) is 5.06. The zero-order valence-corrected chi connectivity index (χ0v) is 15.1. The Bertz CT molecular complexity index is 569. The molecular weight excluding hydrogens is 408 g/mol. The van der Waals surface area contributed by atoms with Crippen LogP contribution in [0.4, 0.5) is 0 Å². The highest BCUT2D eigenvalue weighted by Crippen LogP contribution is 2.21. The smallest absolute Gasteiger partial charge is 0.176 e. The quantitative estimate of drug-likeness (QED) is 0.460. The van der Waals surface area contributed by atoms with Gasteiger partial charge in [-0.05, 0) is 12.8 Å². The van der Waals surface area contributed by atoms with Gasteiger partial charge in [-0.1, -0.05) is 92.5 Å². The summed E-state index contributed by atoms with van der Waals surface area (Å²) in [5, 5.41) is 0. The summed E-state index contributed by atoms with van der Waals surface area (Å²) in [5.41, 5.74) is 1.37. The molecule has 2 aromatic carbocycles. The third-order valence-corrected chi connectivity index (χ3v) is 5.11. The van der Waals surface area contributed by atoms with E-state index in [9.17, 15) is 9.59 Å². The molecule has 0 saturated heterocycles. The summed E-state index contributed by atoms with van der Waals surface area (Å²) >= 11 is 6.86. The summed E-state index contributed by atoms with van der Waals surface area (Å²) < 4.78 is 0. The molecule has 0 fully saturated rings. The molecule has 0 heterocycles. The molecule has 0 spiro atoms. The van der Waals surface area contributed by atoms with Crippen LogP contribution in [0.5, 0.6) is 0 Å². The Hall–Kier alpha value is -1.26. The third kappa shape index (κ3) is 4.62. The molecule has 2 atom stereocenters. The van der Waals surface area contributed by atoms with E-state index in [1.54, 1.807) is 24.3 Å². The molecule has 0 radical (unpaired) electrons. The molecule has 0 aliphatic rings. The first-order valence-electron chi connectivity index (χ1n) is 7.06. The second-order valence-corrected chi connectivity index (χ2v) is 7.18. The fourth-order valence-electron chi connectivity index (χ4n) is 2.12. The Morgan fingerprint density at radius 2 is 1.00 bits per heavy atom. The van der Waals surface area contributed by atoms with Gasteiger partial charge in [0.25, 0.3) is 0 Å². The van der Waals surface area contributed by atoms with E-state index in [1.807, 2.05) is 36.4 Å². The maximum absolute atomic E-state index is 12.2. The largest absolute Gasteiger partial charge is 0.293 e. The second-order valence-electron chi connectivity index (χ2n) is 4.97. The van der Waals surface area contributed by atoms with Crippen molar-refractivity contribution < 1.29 is 9.59 Å². The Balaban J connectivity index is 1.89. The Morgan fingerprint density at radius 3 is 1.32 bits per heavy atom. The fourth-order valence-corrected chi connectivity index (χ4v) is 3.18. The first kappa shape index (κ1) is 17.1. The summed E-state index contributed by atoms with van der Waals surface area (Å²) in [6, 6.07) is 18.4. The first-order chi connectivity index (χ1) is 10.6. The van der Waals surface area contributed by atoms with Gasteiger partial charge in [0.2, 0.25) is 0 Å². The zero-order valence-electron chi connectivity index (χ0n) is 11.9. The van der Waals surface area contributed by atoms with Gasteiger partial charge < -0.3 is 0 Å². The number of benzene rings is 2. The summed E-state index contributed by atoms with van der Waals surface area (Å²) in [6.07, 6.45) is 1.20. The summed E-state index contributed by atoms with van der Waals surface area (Å²) in [4.78, 5) is 23.9. The van der Waals surface area contributed by atoms with Crippen molar-refractivity contribution in [3.8, 4) is 0 Å². The van der Waals surface area contributed by atoms with Crippen LogP contribution in [0.3, 0.4) is 0 Å². The molecule has 2 unspecified atom stereocenters. The summed E-state index contributed by atoms with van der Waals surface area (Å²) in [6.45, 7) is 0. The van der Waals surface area contributed by atoms with E-state index < -0.39 is 0 Å². The number of hydrogen-bond donors (Lipinski definition) is 0. The lowest BCUT2D eigenvalue weighted by atomic mass is 10.0. The minimum Gasteiger partial charge on any atom is -0.293 e. The zero-order chi connectivity index (χ0) is 15.9. The number of halogens is 2. The van der Waals surface area contributed by atoms with Crippen molar-refractivity contribution >= 4 is 43.4 Å². The molecule has 0 bridgehead atoms. The van der Waals surface area contributed by atoms with Gasteiger partial charge in [-0.2, -0.15) is 0 Å².